The number of carbonyl (C=O) groups is 6. The Morgan fingerprint density at radius 1 is 0.774 bits per heavy atom. The minimum Gasteiger partial charge on any atom is -0.370 e. The smallest absolute Gasteiger partial charge is 0.246 e. The van der Waals surface area contributed by atoms with Crippen LogP contribution >= 0.6 is 0 Å². The molecule has 1 aromatic heterocycles. The van der Waals surface area contributed by atoms with Gasteiger partial charge >= 0.3 is 0 Å². The number of hydrogen-bond donors (Lipinski definition) is 7. The summed E-state index contributed by atoms with van der Waals surface area (Å²) in [5.74, 6) is -4.50. The summed E-state index contributed by atoms with van der Waals surface area (Å²) >= 11 is 0. The molecule has 0 saturated heterocycles. The lowest BCUT2D eigenvalue weighted by Gasteiger charge is -2.39. The third-order valence-corrected chi connectivity index (χ3v) is 9.70. The van der Waals surface area contributed by atoms with Crippen LogP contribution in [0.2, 0.25) is 0 Å². The predicted octanol–water partition coefficient (Wildman–Crippen LogP) is 1.86. The third kappa shape index (κ3) is 9.67. The van der Waals surface area contributed by atoms with Crippen molar-refractivity contribution in [2.24, 2.45) is 17.4 Å². The molecule has 0 fully saturated rings. The third-order valence-electron chi connectivity index (χ3n) is 9.70. The second-order valence-electron chi connectivity index (χ2n) is 14.0. The molecule has 0 bridgehead atoms. The van der Waals surface area contributed by atoms with Gasteiger partial charge in [-0.05, 0) is 47.9 Å². The molecule has 13 heteroatoms. The van der Waals surface area contributed by atoms with E-state index in [2.05, 4.69) is 26.3 Å². The standard InChI is InChI=1S/C40H47N7O6/c1-24(2)35(38(52)45-31(36(42)50)22-33(41)48)46-39(53)40(20-19-30-28(23-40)27-15-9-10-16-29(27)43-30)47-37(51)32(21-26-13-7-4-8-14-26)44-34(49)18-17-25-11-5-3-6-12-25/h3-16,24,31-32,35,43H,17-23H2,1-2H3,(H2,41,48)(H2,42,50)(H,44,49)(H,45,52)(H,46,53)(H,47,51)/t31-,32-,35-,40+/m0/s1. The van der Waals surface area contributed by atoms with Crippen molar-refractivity contribution in [3.05, 3.63) is 107 Å². The van der Waals surface area contributed by atoms with Gasteiger partial charge in [0, 0.05) is 35.9 Å². The number of carbonyl (C=O) groups excluding carboxylic acids is 6. The minimum atomic E-state index is -1.54. The number of fused-ring (bicyclic) bond motifs is 3. The maximum Gasteiger partial charge on any atom is 0.246 e. The highest BCUT2D eigenvalue weighted by Gasteiger charge is 2.46. The zero-order valence-corrected chi connectivity index (χ0v) is 29.9. The molecule has 1 aliphatic carbocycles. The summed E-state index contributed by atoms with van der Waals surface area (Å²) in [7, 11) is 0. The van der Waals surface area contributed by atoms with Crippen LogP contribution < -0.4 is 32.7 Å². The van der Waals surface area contributed by atoms with E-state index in [1.807, 2.05) is 84.9 Å². The van der Waals surface area contributed by atoms with Crippen molar-refractivity contribution >= 4 is 46.3 Å². The zero-order valence-electron chi connectivity index (χ0n) is 29.9. The molecule has 9 N–H and O–H groups in total. The summed E-state index contributed by atoms with van der Waals surface area (Å²) < 4.78 is 0. The lowest BCUT2D eigenvalue weighted by Crippen LogP contribution is -2.67. The molecule has 1 heterocycles. The van der Waals surface area contributed by atoms with Gasteiger partial charge in [-0.15, -0.1) is 0 Å². The molecule has 5 rings (SSSR count). The SMILES string of the molecule is CC(C)[C@H](NC(=O)[C@@]1(NC(=O)[C@H](Cc2ccccc2)NC(=O)CCc2ccccc2)CCc2[nH]c3ccccc3c2C1)C(=O)N[C@@H](CC(N)=O)C(N)=O. The number of hydrogen-bond acceptors (Lipinski definition) is 6. The fraction of sp³-hybridized carbons (Fsp3) is 0.350. The minimum absolute atomic E-state index is 0.0992. The maximum atomic E-state index is 14.6. The van der Waals surface area contributed by atoms with Gasteiger partial charge in [-0.1, -0.05) is 92.7 Å². The fourth-order valence-electron chi connectivity index (χ4n) is 6.81. The molecule has 0 radical (unpaired) electrons. The topological polar surface area (TPSA) is 218 Å². The molecular weight excluding hydrogens is 674 g/mol. The fourth-order valence-corrected chi connectivity index (χ4v) is 6.81. The second kappa shape index (κ2) is 17.0. The summed E-state index contributed by atoms with van der Waals surface area (Å²) in [5.41, 5.74) is 13.6. The van der Waals surface area contributed by atoms with E-state index in [4.69, 9.17) is 11.5 Å². The van der Waals surface area contributed by atoms with E-state index < -0.39 is 65.5 Å². The first-order valence-corrected chi connectivity index (χ1v) is 17.8. The largest absolute Gasteiger partial charge is 0.370 e. The Balaban J connectivity index is 1.45. The molecule has 0 aliphatic heterocycles. The number of aromatic nitrogens is 1. The van der Waals surface area contributed by atoms with Crippen molar-refractivity contribution in [1.29, 1.82) is 0 Å². The molecule has 4 aromatic rings. The van der Waals surface area contributed by atoms with Gasteiger partial charge < -0.3 is 37.7 Å². The van der Waals surface area contributed by atoms with E-state index in [-0.39, 0.29) is 31.6 Å². The highest BCUT2D eigenvalue weighted by atomic mass is 16.2. The van der Waals surface area contributed by atoms with E-state index in [1.54, 1.807) is 13.8 Å². The monoisotopic (exact) mass is 721 g/mol. The Labute approximate surface area is 308 Å². The number of rotatable bonds is 16. The number of aryl methyl sites for hydroxylation is 2. The molecule has 1 aliphatic rings. The Morgan fingerprint density at radius 2 is 1.42 bits per heavy atom. The highest BCUT2D eigenvalue weighted by molar-refractivity contribution is 5.99. The molecule has 53 heavy (non-hydrogen) atoms. The molecule has 13 nitrogen and oxygen atoms in total. The zero-order chi connectivity index (χ0) is 38.1. The van der Waals surface area contributed by atoms with Gasteiger partial charge in [-0.25, -0.2) is 0 Å². The lowest BCUT2D eigenvalue weighted by molar-refractivity contribution is -0.139. The van der Waals surface area contributed by atoms with Gasteiger partial charge in [-0.2, -0.15) is 0 Å². The van der Waals surface area contributed by atoms with Crippen molar-refractivity contribution in [1.82, 2.24) is 26.3 Å². The first-order chi connectivity index (χ1) is 25.3. The first-order valence-electron chi connectivity index (χ1n) is 17.8. The number of H-pyrrole nitrogens is 1. The number of aromatic amines is 1. The number of nitrogens with two attached hydrogens (primary N) is 2. The van der Waals surface area contributed by atoms with E-state index in [1.165, 1.54) is 0 Å². The molecule has 6 amide bonds. The van der Waals surface area contributed by atoms with Crippen LogP contribution in [0, 0.1) is 5.92 Å². The Hall–Kier alpha value is -5.98. The highest BCUT2D eigenvalue weighted by Crippen LogP contribution is 2.34. The van der Waals surface area contributed by atoms with Crippen LogP contribution in [-0.2, 0) is 54.5 Å². The van der Waals surface area contributed by atoms with Crippen LogP contribution in [0.5, 0.6) is 0 Å². The Kier molecular flexibility index (Phi) is 12.3. The van der Waals surface area contributed by atoms with Crippen LogP contribution in [0.1, 0.15) is 55.5 Å². The van der Waals surface area contributed by atoms with Crippen molar-refractivity contribution < 1.29 is 28.8 Å². The summed E-state index contributed by atoms with van der Waals surface area (Å²) in [6, 6.07) is 23.0. The average Bonchev–Trinajstić information content (AvgIpc) is 3.50. The van der Waals surface area contributed by atoms with Crippen molar-refractivity contribution in [3.8, 4) is 0 Å². The van der Waals surface area contributed by atoms with Crippen LogP contribution in [0.4, 0.5) is 0 Å². The molecule has 3 aromatic carbocycles. The quantitative estimate of drug-likeness (QED) is 0.0916. The Bertz CT molecular complexity index is 1960. The van der Waals surface area contributed by atoms with Crippen LogP contribution in [-0.4, -0.2) is 64.1 Å². The summed E-state index contributed by atoms with van der Waals surface area (Å²) in [5, 5.41) is 12.2. The van der Waals surface area contributed by atoms with Crippen molar-refractivity contribution in [3.63, 3.8) is 0 Å². The summed E-state index contributed by atoms with van der Waals surface area (Å²) in [6.07, 6.45) is 0.987. The number of nitrogens with one attached hydrogen (secondary N) is 5. The van der Waals surface area contributed by atoms with Crippen LogP contribution in [0.3, 0.4) is 0 Å². The summed E-state index contributed by atoms with van der Waals surface area (Å²) in [4.78, 5) is 82.9. The van der Waals surface area contributed by atoms with Gasteiger partial charge in [0.15, 0.2) is 0 Å². The number of benzene rings is 3. The van der Waals surface area contributed by atoms with Gasteiger partial charge in [0.2, 0.25) is 35.4 Å². The number of primary amides is 2. The molecule has 278 valence electrons. The number of para-hydroxylation sites is 1. The molecular formula is C40H47N7O6. The van der Waals surface area contributed by atoms with E-state index in [9.17, 15) is 28.8 Å². The van der Waals surface area contributed by atoms with E-state index in [0.29, 0.717) is 12.8 Å². The first kappa shape index (κ1) is 38.3. The normalized spacial score (nSPS) is 16.8. The van der Waals surface area contributed by atoms with E-state index in [0.717, 1.165) is 33.3 Å². The maximum absolute atomic E-state index is 14.6. The van der Waals surface area contributed by atoms with Crippen LogP contribution in [0.15, 0.2) is 84.9 Å². The number of amides is 6. The van der Waals surface area contributed by atoms with Gasteiger partial charge in [-0.3, -0.25) is 28.8 Å². The molecule has 0 unspecified atom stereocenters. The predicted molar refractivity (Wildman–Crippen MR) is 200 cm³/mol. The van der Waals surface area contributed by atoms with Crippen molar-refractivity contribution in [2.75, 3.05) is 0 Å². The van der Waals surface area contributed by atoms with Crippen molar-refractivity contribution in [2.45, 2.75) is 82.5 Å². The lowest BCUT2D eigenvalue weighted by atomic mass is 9.78. The average molecular weight is 722 g/mol. The van der Waals surface area contributed by atoms with Crippen LogP contribution in [0.25, 0.3) is 10.9 Å². The Morgan fingerprint density at radius 3 is 2.06 bits per heavy atom. The molecule has 0 saturated carbocycles. The van der Waals surface area contributed by atoms with Gasteiger partial charge in [0.1, 0.15) is 23.7 Å². The van der Waals surface area contributed by atoms with Gasteiger partial charge in [0.25, 0.3) is 0 Å². The molecule has 0 spiro atoms. The molecule has 4 atom stereocenters. The van der Waals surface area contributed by atoms with E-state index >= 15 is 0 Å². The van der Waals surface area contributed by atoms with Gasteiger partial charge in [0.05, 0.1) is 6.42 Å². The second-order valence-corrected chi connectivity index (χ2v) is 14.0. The summed E-state index contributed by atoms with van der Waals surface area (Å²) in [6.45, 7) is 3.42.